The lowest BCUT2D eigenvalue weighted by molar-refractivity contribution is 0.0597. The van der Waals surface area contributed by atoms with Gasteiger partial charge in [0, 0.05) is 16.7 Å². The molecule has 0 saturated carbocycles. The summed E-state index contributed by atoms with van der Waals surface area (Å²) < 4.78 is 9.95. The summed E-state index contributed by atoms with van der Waals surface area (Å²) in [4.78, 5) is 23.9. The molecule has 140 valence electrons. The number of phenolic OH excluding ortho intramolecular Hbond substituents is 1. The Morgan fingerprint density at radius 3 is 2.30 bits per heavy atom. The minimum atomic E-state index is -0.643. The Bertz CT molecular complexity index is 939. The predicted octanol–water partition coefficient (Wildman–Crippen LogP) is 3.72. The molecule has 0 heterocycles. The number of aromatic hydroxyl groups is 1. The molecule has 0 unspecified atom stereocenters. The van der Waals surface area contributed by atoms with Crippen LogP contribution in [-0.4, -0.2) is 31.1 Å². The predicted molar refractivity (Wildman–Crippen MR) is 102 cm³/mol. The third kappa shape index (κ3) is 4.68. The molecule has 1 N–H and O–H groups in total. The Morgan fingerprint density at radius 2 is 1.74 bits per heavy atom. The van der Waals surface area contributed by atoms with E-state index in [1.807, 2.05) is 20.8 Å². The van der Waals surface area contributed by atoms with Crippen molar-refractivity contribution in [2.45, 2.75) is 26.2 Å². The normalized spacial score (nSPS) is 10.6. The van der Waals surface area contributed by atoms with Gasteiger partial charge >= 0.3 is 5.97 Å². The smallest absolute Gasteiger partial charge is 0.341 e. The summed E-state index contributed by atoms with van der Waals surface area (Å²) in [6, 6.07) is 9.48. The minimum absolute atomic E-state index is 0.0411. The molecular weight excluding hydrogens is 344 g/mol. The van der Waals surface area contributed by atoms with Crippen LogP contribution in [0, 0.1) is 11.8 Å². The van der Waals surface area contributed by atoms with Crippen molar-refractivity contribution in [3.05, 3.63) is 58.7 Å². The molecule has 0 radical (unpaired) electrons. The average molecular weight is 366 g/mol. The van der Waals surface area contributed by atoms with E-state index in [1.165, 1.54) is 19.2 Å². The number of carbonyl (C=O) groups excluding carboxylic acids is 2. The molecule has 2 aromatic carbocycles. The maximum atomic E-state index is 12.5. The highest BCUT2D eigenvalue weighted by atomic mass is 16.5. The van der Waals surface area contributed by atoms with Crippen molar-refractivity contribution in [1.82, 2.24) is 0 Å². The maximum absolute atomic E-state index is 12.5. The first-order valence-corrected chi connectivity index (χ1v) is 8.33. The maximum Gasteiger partial charge on any atom is 0.341 e. The summed E-state index contributed by atoms with van der Waals surface area (Å²) in [5.74, 6) is 4.75. The van der Waals surface area contributed by atoms with E-state index in [0.29, 0.717) is 11.1 Å². The Hall–Kier alpha value is -3.26. The van der Waals surface area contributed by atoms with Gasteiger partial charge in [0.15, 0.2) is 0 Å². The lowest BCUT2D eigenvalue weighted by Gasteiger charge is -2.22. The highest BCUT2D eigenvalue weighted by Crippen LogP contribution is 2.32. The fourth-order valence-electron chi connectivity index (χ4n) is 2.53. The number of methoxy groups -OCH3 is 2. The zero-order valence-corrected chi connectivity index (χ0v) is 16.0. The Morgan fingerprint density at radius 1 is 1.04 bits per heavy atom. The molecule has 27 heavy (non-hydrogen) atoms. The van der Waals surface area contributed by atoms with Crippen LogP contribution in [0.4, 0.5) is 0 Å². The molecule has 2 aromatic rings. The van der Waals surface area contributed by atoms with Gasteiger partial charge in [-0.05, 0) is 47.7 Å². The number of hydrogen-bond donors (Lipinski definition) is 1. The summed E-state index contributed by atoms with van der Waals surface area (Å²) in [7, 11) is 2.82. The summed E-state index contributed by atoms with van der Waals surface area (Å²) in [6.45, 7) is 6.11. The van der Waals surface area contributed by atoms with E-state index >= 15 is 0 Å². The first kappa shape index (κ1) is 20.1. The van der Waals surface area contributed by atoms with Crippen molar-refractivity contribution >= 4 is 11.8 Å². The largest absolute Gasteiger partial charge is 0.507 e. The molecule has 2 rings (SSSR count). The third-order valence-electron chi connectivity index (χ3n) is 3.99. The van der Waals surface area contributed by atoms with Crippen molar-refractivity contribution in [2.24, 2.45) is 0 Å². The summed E-state index contributed by atoms with van der Waals surface area (Å²) in [5.41, 5.74) is 1.64. The van der Waals surface area contributed by atoms with Crippen LogP contribution < -0.4 is 4.74 Å². The van der Waals surface area contributed by atoms with Crippen LogP contribution in [0.15, 0.2) is 36.4 Å². The quantitative estimate of drug-likeness (QED) is 0.509. The van der Waals surface area contributed by atoms with Gasteiger partial charge in [-0.3, -0.25) is 4.79 Å². The van der Waals surface area contributed by atoms with Gasteiger partial charge in [0.1, 0.15) is 17.1 Å². The molecule has 0 atom stereocenters. The molecule has 0 aliphatic carbocycles. The topological polar surface area (TPSA) is 72.8 Å². The second kappa shape index (κ2) is 7.96. The number of esters is 1. The SMILES string of the molecule is COC(=O)c1ccc(C#CC(=O)c2ccc(OC)c(C(C)(C)C)c2)cc1O. The van der Waals surface area contributed by atoms with Crippen LogP contribution in [-0.2, 0) is 10.2 Å². The first-order valence-electron chi connectivity index (χ1n) is 8.33. The van der Waals surface area contributed by atoms with Gasteiger partial charge in [0.25, 0.3) is 0 Å². The lowest BCUT2D eigenvalue weighted by Crippen LogP contribution is -2.14. The van der Waals surface area contributed by atoms with Gasteiger partial charge in [-0.2, -0.15) is 0 Å². The first-order chi connectivity index (χ1) is 12.7. The Kier molecular flexibility index (Phi) is 5.91. The van der Waals surface area contributed by atoms with Crippen molar-refractivity contribution in [1.29, 1.82) is 0 Å². The van der Waals surface area contributed by atoms with E-state index in [0.717, 1.165) is 11.3 Å². The molecule has 0 spiro atoms. The number of phenols is 1. The number of benzene rings is 2. The lowest BCUT2D eigenvalue weighted by atomic mass is 9.85. The fraction of sp³-hybridized carbons (Fsp3) is 0.273. The van der Waals surface area contributed by atoms with Gasteiger partial charge in [0.2, 0.25) is 5.78 Å². The Labute approximate surface area is 158 Å². The highest BCUT2D eigenvalue weighted by Gasteiger charge is 2.20. The number of hydrogen-bond acceptors (Lipinski definition) is 5. The monoisotopic (exact) mass is 366 g/mol. The van der Waals surface area contributed by atoms with Crippen molar-refractivity contribution in [3.8, 4) is 23.3 Å². The third-order valence-corrected chi connectivity index (χ3v) is 3.99. The number of ether oxygens (including phenoxy) is 2. The standard InChI is InChI=1S/C22H22O5/c1-22(2,3)17-13-15(8-11-20(17)26-4)18(23)10-7-14-6-9-16(19(24)12-14)21(25)27-5/h6,8-9,11-13,24H,1-5H3. The van der Waals surface area contributed by atoms with Gasteiger partial charge < -0.3 is 14.6 Å². The average Bonchev–Trinajstić information content (AvgIpc) is 2.64. The molecular formula is C22H22O5. The molecule has 5 nitrogen and oxygen atoms in total. The van der Waals surface area contributed by atoms with Crippen LogP contribution in [0.3, 0.4) is 0 Å². The molecule has 0 amide bonds. The Balaban J connectivity index is 2.32. The number of rotatable bonds is 3. The van der Waals surface area contributed by atoms with Crippen LogP contribution in [0.25, 0.3) is 0 Å². The van der Waals surface area contributed by atoms with Gasteiger partial charge in [0.05, 0.1) is 14.2 Å². The molecule has 0 fully saturated rings. The van der Waals surface area contributed by atoms with Crippen LogP contribution in [0.1, 0.15) is 52.6 Å². The summed E-state index contributed by atoms with van der Waals surface area (Å²) >= 11 is 0. The second-order valence-corrected chi connectivity index (χ2v) is 6.97. The van der Waals surface area contributed by atoms with Gasteiger partial charge in [-0.25, -0.2) is 4.79 Å². The summed E-state index contributed by atoms with van der Waals surface area (Å²) in [6.07, 6.45) is 0. The summed E-state index contributed by atoms with van der Waals surface area (Å²) in [5, 5.41) is 9.89. The number of ketones is 1. The van der Waals surface area contributed by atoms with E-state index in [-0.39, 0.29) is 22.5 Å². The van der Waals surface area contributed by atoms with E-state index in [2.05, 4.69) is 16.6 Å². The van der Waals surface area contributed by atoms with E-state index in [1.54, 1.807) is 31.4 Å². The van der Waals surface area contributed by atoms with Crippen molar-refractivity contribution in [3.63, 3.8) is 0 Å². The van der Waals surface area contributed by atoms with Crippen molar-refractivity contribution in [2.75, 3.05) is 14.2 Å². The molecule has 0 aromatic heterocycles. The molecule has 0 aliphatic heterocycles. The van der Waals surface area contributed by atoms with Gasteiger partial charge in [-0.15, -0.1) is 0 Å². The zero-order chi connectivity index (χ0) is 20.2. The molecule has 0 aliphatic rings. The zero-order valence-electron chi connectivity index (χ0n) is 16.0. The van der Waals surface area contributed by atoms with E-state index < -0.39 is 5.97 Å². The number of Topliss-reactive ketones (excluding diaryl/α,β-unsaturated/α-hetero) is 1. The molecule has 0 bridgehead atoms. The van der Waals surface area contributed by atoms with Crippen LogP contribution >= 0.6 is 0 Å². The highest BCUT2D eigenvalue weighted by molar-refractivity contribution is 6.09. The van der Waals surface area contributed by atoms with Crippen molar-refractivity contribution < 1.29 is 24.2 Å². The van der Waals surface area contributed by atoms with E-state index in [9.17, 15) is 14.7 Å². The van der Waals surface area contributed by atoms with Crippen LogP contribution in [0.2, 0.25) is 0 Å². The van der Waals surface area contributed by atoms with Crippen LogP contribution in [0.5, 0.6) is 11.5 Å². The fourth-order valence-corrected chi connectivity index (χ4v) is 2.53. The second-order valence-electron chi connectivity index (χ2n) is 6.97. The molecule has 0 saturated heterocycles. The number of carbonyl (C=O) groups is 2. The van der Waals surface area contributed by atoms with Gasteiger partial charge in [-0.1, -0.05) is 26.7 Å². The molecule has 5 heteroatoms. The van der Waals surface area contributed by atoms with E-state index in [4.69, 9.17) is 4.74 Å². The minimum Gasteiger partial charge on any atom is -0.507 e.